The van der Waals surface area contributed by atoms with Gasteiger partial charge in [-0.2, -0.15) is 0 Å². The van der Waals surface area contributed by atoms with Crippen LogP contribution in [0.3, 0.4) is 0 Å². The van der Waals surface area contributed by atoms with Crippen molar-refractivity contribution in [3.8, 4) is 5.75 Å². The maximum Gasteiger partial charge on any atom is 0.220 e. The van der Waals surface area contributed by atoms with Gasteiger partial charge in [-0.25, -0.2) is 0 Å². The van der Waals surface area contributed by atoms with Gasteiger partial charge < -0.3 is 10.1 Å². The highest BCUT2D eigenvalue weighted by Crippen LogP contribution is 2.15. The minimum Gasteiger partial charge on any atom is -0.491 e. The number of hydrogen-bond donors (Lipinski definition) is 1. The van der Waals surface area contributed by atoms with E-state index in [1.54, 1.807) is 0 Å². The van der Waals surface area contributed by atoms with Crippen LogP contribution in [-0.2, 0) is 4.79 Å². The molecular formula is C11H12INO2. The highest BCUT2D eigenvalue weighted by molar-refractivity contribution is 14.1. The van der Waals surface area contributed by atoms with Crippen LogP contribution in [0.25, 0.3) is 0 Å². The summed E-state index contributed by atoms with van der Waals surface area (Å²) in [6, 6.07) is 8.07. The molecule has 0 spiro atoms. The van der Waals surface area contributed by atoms with Gasteiger partial charge in [-0.05, 0) is 53.3 Å². The summed E-state index contributed by atoms with van der Waals surface area (Å²) in [5, 5.41) is 2.87. The van der Waals surface area contributed by atoms with Crippen molar-refractivity contribution >= 4 is 28.5 Å². The Balaban J connectivity index is 1.83. The minimum absolute atomic E-state index is 0.131. The predicted molar refractivity (Wildman–Crippen MR) is 65.8 cm³/mol. The van der Waals surface area contributed by atoms with Gasteiger partial charge >= 0.3 is 0 Å². The lowest BCUT2D eigenvalue weighted by atomic mass is 10.2. The molecule has 0 saturated carbocycles. The molecule has 0 bridgehead atoms. The van der Waals surface area contributed by atoms with Crippen LogP contribution in [-0.4, -0.2) is 18.6 Å². The standard InChI is InChI=1S/C11H12INO2/c12-8-1-4-10(5-2-8)15-7-9-3-6-11(14)13-9/h1-2,4-5,9H,3,6-7H2,(H,13,14). The number of carbonyl (C=O) groups is 1. The summed E-state index contributed by atoms with van der Waals surface area (Å²) < 4.78 is 6.76. The molecule has 2 rings (SSSR count). The van der Waals surface area contributed by atoms with Gasteiger partial charge in [0.1, 0.15) is 12.4 Å². The van der Waals surface area contributed by atoms with Gasteiger partial charge in [0.05, 0.1) is 6.04 Å². The average Bonchev–Trinajstić information content (AvgIpc) is 2.64. The Morgan fingerprint density at radius 2 is 2.13 bits per heavy atom. The summed E-state index contributed by atoms with van der Waals surface area (Å²) in [5.41, 5.74) is 0. The minimum atomic E-state index is 0.131. The van der Waals surface area contributed by atoms with Crippen molar-refractivity contribution in [1.29, 1.82) is 0 Å². The van der Waals surface area contributed by atoms with Crippen LogP contribution in [0.1, 0.15) is 12.8 Å². The molecule has 15 heavy (non-hydrogen) atoms. The quantitative estimate of drug-likeness (QED) is 0.866. The first-order valence-corrected chi connectivity index (χ1v) is 5.99. The SMILES string of the molecule is O=C1CCC(COc2ccc(I)cc2)N1. The first kappa shape index (κ1) is 10.7. The summed E-state index contributed by atoms with van der Waals surface area (Å²) in [7, 11) is 0. The van der Waals surface area contributed by atoms with Gasteiger partial charge in [-0.3, -0.25) is 4.79 Å². The third kappa shape index (κ3) is 3.09. The largest absolute Gasteiger partial charge is 0.491 e. The molecule has 0 aromatic heterocycles. The number of ether oxygens (including phenoxy) is 1. The van der Waals surface area contributed by atoms with Crippen LogP contribution in [0.5, 0.6) is 5.75 Å². The van der Waals surface area contributed by atoms with E-state index in [0.29, 0.717) is 13.0 Å². The second-order valence-corrected chi connectivity index (χ2v) is 4.81. The molecule has 1 atom stereocenters. The molecule has 3 nitrogen and oxygen atoms in total. The molecule has 1 N–H and O–H groups in total. The second kappa shape index (κ2) is 4.83. The Kier molecular flexibility index (Phi) is 3.45. The van der Waals surface area contributed by atoms with Crippen LogP contribution >= 0.6 is 22.6 Å². The Bertz CT molecular complexity index is 350. The zero-order valence-electron chi connectivity index (χ0n) is 8.20. The van der Waals surface area contributed by atoms with Crippen molar-refractivity contribution in [3.05, 3.63) is 27.8 Å². The maximum absolute atomic E-state index is 10.9. The molecule has 1 aliphatic heterocycles. The number of benzene rings is 1. The zero-order valence-corrected chi connectivity index (χ0v) is 10.4. The van der Waals surface area contributed by atoms with Gasteiger partial charge in [-0.1, -0.05) is 0 Å². The predicted octanol–water partition coefficient (Wildman–Crippen LogP) is 1.95. The van der Waals surface area contributed by atoms with Gasteiger partial charge in [-0.15, -0.1) is 0 Å². The summed E-state index contributed by atoms with van der Waals surface area (Å²) in [5.74, 6) is 0.989. The number of hydrogen-bond acceptors (Lipinski definition) is 2. The van der Waals surface area contributed by atoms with Crippen molar-refractivity contribution in [3.63, 3.8) is 0 Å². The third-order valence-corrected chi connectivity index (χ3v) is 3.07. The van der Waals surface area contributed by atoms with Gasteiger partial charge in [0.25, 0.3) is 0 Å². The highest BCUT2D eigenvalue weighted by Gasteiger charge is 2.20. The molecule has 1 heterocycles. The van der Waals surface area contributed by atoms with Crippen LogP contribution in [0.2, 0.25) is 0 Å². The van der Waals surface area contributed by atoms with Crippen molar-refractivity contribution in [2.24, 2.45) is 0 Å². The monoisotopic (exact) mass is 317 g/mol. The molecule has 1 saturated heterocycles. The first-order chi connectivity index (χ1) is 7.24. The van der Waals surface area contributed by atoms with E-state index >= 15 is 0 Å². The Morgan fingerprint density at radius 1 is 1.40 bits per heavy atom. The Morgan fingerprint density at radius 3 is 2.73 bits per heavy atom. The van der Waals surface area contributed by atoms with E-state index in [1.165, 1.54) is 3.57 Å². The van der Waals surface area contributed by atoms with Gasteiger partial charge in [0.15, 0.2) is 0 Å². The molecule has 1 aliphatic rings. The van der Waals surface area contributed by atoms with E-state index in [-0.39, 0.29) is 11.9 Å². The maximum atomic E-state index is 10.9. The van der Waals surface area contributed by atoms with Gasteiger partial charge in [0, 0.05) is 9.99 Å². The van der Waals surface area contributed by atoms with Gasteiger partial charge in [0.2, 0.25) is 5.91 Å². The normalized spacial score (nSPS) is 20.1. The molecule has 0 radical (unpaired) electrons. The molecule has 1 aromatic rings. The number of amides is 1. The second-order valence-electron chi connectivity index (χ2n) is 3.57. The molecular weight excluding hydrogens is 305 g/mol. The lowest BCUT2D eigenvalue weighted by molar-refractivity contribution is -0.119. The Labute approximate surface area is 102 Å². The zero-order chi connectivity index (χ0) is 10.7. The molecule has 1 aromatic carbocycles. The van der Waals surface area contributed by atoms with Crippen LogP contribution < -0.4 is 10.1 Å². The van der Waals surface area contributed by atoms with E-state index in [2.05, 4.69) is 27.9 Å². The number of carbonyl (C=O) groups excluding carboxylic acids is 1. The lowest BCUT2D eigenvalue weighted by Gasteiger charge is -2.11. The average molecular weight is 317 g/mol. The fourth-order valence-corrected chi connectivity index (χ4v) is 1.89. The smallest absolute Gasteiger partial charge is 0.220 e. The van der Waals surface area contributed by atoms with E-state index in [1.807, 2.05) is 24.3 Å². The molecule has 1 unspecified atom stereocenters. The first-order valence-electron chi connectivity index (χ1n) is 4.92. The summed E-state index contributed by atoms with van der Waals surface area (Å²) in [4.78, 5) is 10.9. The third-order valence-electron chi connectivity index (χ3n) is 2.35. The summed E-state index contributed by atoms with van der Waals surface area (Å²) in [6.07, 6.45) is 1.50. The molecule has 4 heteroatoms. The molecule has 1 fully saturated rings. The highest BCUT2D eigenvalue weighted by atomic mass is 127. The van der Waals surface area contributed by atoms with E-state index in [0.717, 1.165) is 12.2 Å². The number of rotatable bonds is 3. The van der Waals surface area contributed by atoms with Crippen molar-refractivity contribution in [1.82, 2.24) is 5.32 Å². The van der Waals surface area contributed by atoms with Crippen molar-refractivity contribution in [2.75, 3.05) is 6.61 Å². The lowest BCUT2D eigenvalue weighted by Crippen LogP contribution is -2.30. The topological polar surface area (TPSA) is 38.3 Å². The van der Waals surface area contributed by atoms with Crippen LogP contribution in [0.15, 0.2) is 24.3 Å². The van der Waals surface area contributed by atoms with Crippen molar-refractivity contribution in [2.45, 2.75) is 18.9 Å². The molecule has 1 amide bonds. The fourth-order valence-electron chi connectivity index (χ4n) is 1.53. The fraction of sp³-hybridized carbons (Fsp3) is 0.364. The van der Waals surface area contributed by atoms with Crippen molar-refractivity contribution < 1.29 is 9.53 Å². The number of nitrogens with one attached hydrogen (secondary N) is 1. The van der Waals surface area contributed by atoms with E-state index in [4.69, 9.17) is 4.74 Å². The molecule has 0 aliphatic carbocycles. The Hall–Kier alpha value is -0.780. The molecule has 80 valence electrons. The summed E-state index contributed by atoms with van der Waals surface area (Å²) >= 11 is 2.25. The summed E-state index contributed by atoms with van der Waals surface area (Å²) in [6.45, 7) is 0.562. The van der Waals surface area contributed by atoms with E-state index in [9.17, 15) is 4.79 Å². The van der Waals surface area contributed by atoms with Crippen LogP contribution in [0.4, 0.5) is 0 Å². The van der Waals surface area contributed by atoms with E-state index < -0.39 is 0 Å². The number of halogens is 1. The van der Waals surface area contributed by atoms with Crippen LogP contribution in [0, 0.1) is 3.57 Å².